The number of ketones is 2. The van der Waals surface area contributed by atoms with Crippen LogP contribution in [0, 0.1) is 44.8 Å². The van der Waals surface area contributed by atoms with Crippen molar-refractivity contribution in [3.63, 3.8) is 0 Å². The molecule has 1 saturated heterocycles. The van der Waals surface area contributed by atoms with Crippen molar-refractivity contribution in [1.82, 2.24) is 0 Å². The fourth-order valence-corrected chi connectivity index (χ4v) is 12.7. The molecule has 6 aliphatic rings. The number of hydrogen-bond acceptors (Lipinski definition) is 11. The Bertz CT molecular complexity index is 1360. The lowest BCUT2D eigenvalue weighted by Gasteiger charge is -2.64. The number of esters is 1. The van der Waals surface area contributed by atoms with Gasteiger partial charge >= 0.3 is 5.97 Å². The van der Waals surface area contributed by atoms with Crippen LogP contribution in [0.3, 0.4) is 0 Å². The maximum absolute atomic E-state index is 15.0. The number of aldehydes is 1. The van der Waals surface area contributed by atoms with Crippen molar-refractivity contribution >= 4 is 23.8 Å². The molecule has 11 nitrogen and oxygen atoms in total. The Morgan fingerprint density at radius 1 is 1.08 bits per heavy atom. The van der Waals surface area contributed by atoms with Crippen LogP contribution < -0.4 is 5.73 Å². The van der Waals surface area contributed by atoms with Gasteiger partial charge in [0.05, 0.1) is 23.3 Å². The molecule has 1 heterocycles. The summed E-state index contributed by atoms with van der Waals surface area (Å²) in [6, 6.07) is 0. The van der Waals surface area contributed by atoms with Gasteiger partial charge in [0.1, 0.15) is 19.3 Å². The lowest BCUT2D eigenvalue weighted by molar-refractivity contribution is -0.232. The molecule has 48 heavy (non-hydrogen) atoms. The summed E-state index contributed by atoms with van der Waals surface area (Å²) in [7, 11) is 0. The number of hydrogen-bond donors (Lipinski definition) is 3. The molecule has 270 valence electrons. The molecule has 5 aliphatic carbocycles. The maximum Gasteiger partial charge on any atom is 0.303 e. The molecule has 1 aliphatic heterocycles. The van der Waals surface area contributed by atoms with Gasteiger partial charge in [0.15, 0.2) is 24.0 Å². The standard InChI is InChI=1S/C37H57NO10/c1-20-15-23(29(32(5,6)44)46-21(2)41)47-30-28(43)37(38)25-10-9-24-31(3,4)26(48-27(17-40)45-18-22(42)16-39)11-12-35(24)19-36(25,35)14-13-33(37,7)34(20,30)8/h17,20,23-27,29-30,39,44H,9-16,18-19,38H2,1-8H3. The second-order valence-electron chi connectivity index (χ2n) is 17.9. The number of rotatable bonds is 10. The van der Waals surface area contributed by atoms with E-state index in [4.69, 9.17) is 29.8 Å². The van der Waals surface area contributed by atoms with Crippen molar-refractivity contribution in [2.45, 2.75) is 149 Å². The summed E-state index contributed by atoms with van der Waals surface area (Å²) in [5.74, 6) is -0.766. The summed E-state index contributed by atoms with van der Waals surface area (Å²) >= 11 is 0. The summed E-state index contributed by atoms with van der Waals surface area (Å²) in [6.07, 6.45) is 3.42. The highest BCUT2D eigenvalue weighted by Gasteiger charge is 2.87. The van der Waals surface area contributed by atoms with Crippen LogP contribution in [0.4, 0.5) is 0 Å². The number of carbonyl (C=O) groups is 4. The summed E-state index contributed by atoms with van der Waals surface area (Å²) in [4.78, 5) is 50.5. The van der Waals surface area contributed by atoms with Gasteiger partial charge in [0, 0.05) is 17.8 Å². The van der Waals surface area contributed by atoms with Gasteiger partial charge in [-0.05, 0) is 99.2 Å². The number of fused-ring (bicyclic) bond motifs is 4. The summed E-state index contributed by atoms with van der Waals surface area (Å²) in [6.45, 7) is 14.4. The quantitative estimate of drug-likeness (QED) is 0.176. The Morgan fingerprint density at radius 2 is 1.73 bits per heavy atom. The van der Waals surface area contributed by atoms with Crippen LogP contribution in [0.2, 0.25) is 0 Å². The smallest absolute Gasteiger partial charge is 0.303 e. The number of aliphatic hydroxyl groups excluding tert-OH is 1. The number of aliphatic hydroxyl groups is 2. The summed E-state index contributed by atoms with van der Waals surface area (Å²) in [5.41, 5.74) is 3.81. The molecule has 11 heteroatoms. The number of ether oxygens (including phenoxy) is 4. The Hall–Kier alpha value is -1.76. The Morgan fingerprint density at radius 3 is 2.33 bits per heavy atom. The van der Waals surface area contributed by atoms with Gasteiger partial charge in [0.25, 0.3) is 0 Å². The second kappa shape index (κ2) is 11.4. The van der Waals surface area contributed by atoms with Crippen molar-refractivity contribution in [3.05, 3.63) is 0 Å². The molecule has 0 aromatic heterocycles. The SMILES string of the molecule is CC(=O)OC(C1CC(C)C2(C)C(O1)C(=O)C1(N)C3CCC4C(C)(C)C(OC(C=O)OCC(=O)CO)CCC45CC35CCC12C)C(C)(C)O. The van der Waals surface area contributed by atoms with Crippen LogP contribution in [0.1, 0.15) is 107 Å². The first-order chi connectivity index (χ1) is 22.2. The average molecular weight is 676 g/mol. The van der Waals surface area contributed by atoms with Crippen LogP contribution >= 0.6 is 0 Å². The van der Waals surface area contributed by atoms with Gasteiger partial charge in [0.2, 0.25) is 6.29 Å². The molecule has 13 unspecified atom stereocenters. The average Bonchev–Trinajstić information content (AvgIpc) is 3.65. The Balaban J connectivity index is 1.28. The third-order valence-electron chi connectivity index (χ3n) is 15.3. The van der Waals surface area contributed by atoms with Crippen molar-refractivity contribution in [2.75, 3.05) is 13.2 Å². The van der Waals surface area contributed by atoms with E-state index in [1.807, 2.05) is 0 Å². The van der Waals surface area contributed by atoms with Crippen LogP contribution in [0.25, 0.3) is 0 Å². The third-order valence-corrected chi connectivity index (χ3v) is 15.3. The van der Waals surface area contributed by atoms with Crippen molar-refractivity contribution in [1.29, 1.82) is 0 Å². The molecular weight excluding hydrogens is 618 g/mol. The monoisotopic (exact) mass is 675 g/mol. The molecule has 6 rings (SSSR count). The maximum atomic E-state index is 15.0. The van der Waals surface area contributed by atoms with E-state index in [0.717, 1.165) is 44.9 Å². The Labute approximate surface area is 284 Å². The lowest BCUT2D eigenvalue weighted by Crippen LogP contribution is -2.70. The molecular formula is C37H57NO10. The highest BCUT2D eigenvalue weighted by Crippen LogP contribution is 2.88. The largest absolute Gasteiger partial charge is 0.457 e. The lowest BCUT2D eigenvalue weighted by atomic mass is 9.41. The summed E-state index contributed by atoms with van der Waals surface area (Å²) in [5, 5.41) is 20.1. The van der Waals surface area contributed by atoms with E-state index in [-0.39, 0.29) is 46.6 Å². The highest BCUT2D eigenvalue weighted by atomic mass is 16.7. The first-order valence-corrected chi connectivity index (χ1v) is 17.9. The second-order valence-corrected chi connectivity index (χ2v) is 17.9. The predicted molar refractivity (Wildman–Crippen MR) is 173 cm³/mol. The van der Waals surface area contributed by atoms with Crippen LogP contribution in [0.15, 0.2) is 0 Å². The molecule has 0 radical (unpaired) electrons. The minimum Gasteiger partial charge on any atom is -0.457 e. The number of Topliss-reactive ketones (excluding diaryl/α,β-unsaturated/α-hetero) is 2. The zero-order chi connectivity index (χ0) is 35.5. The van der Waals surface area contributed by atoms with Gasteiger partial charge in [-0.15, -0.1) is 0 Å². The van der Waals surface area contributed by atoms with E-state index in [9.17, 15) is 19.5 Å². The molecule has 2 spiro atoms. The van der Waals surface area contributed by atoms with E-state index in [1.165, 1.54) is 6.92 Å². The molecule has 13 atom stereocenters. The number of carbonyl (C=O) groups excluding carboxylic acids is 4. The van der Waals surface area contributed by atoms with Crippen LogP contribution in [0.5, 0.6) is 0 Å². The fraction of sp³-hybridized carbons (Fsp3) is 0.892. The zero-order valence-electron chi connectivity index (χ0n) is 30.0. The highest BCUT2D eigenvalue weighted by molar-refractivity contribution is 5.98. The van der Waals surface area contributed by atoms with Crippen LogP contribution in [-0.2, 0) is 38.1 Å². The van der Waals surface area contributed by atoms with E-state index < -0.39 is 64.9 Å². The molecule has 0 amide bonds. The van der Waals surface area contributed by atoms with Gasteiger partial charge in [-0.1, -0.05) is 34.6 Å². The minimum atomic E-state index is -1.37. The summed E-state index contributed by atoms with van der Waals surface area (Å²) < 4.78 is 24.0. The fourth-order valence-electron chi connectivity index (χ4n) is 12.7. The van der Waals surface area contributed by atoms with Crippen molar-refractivity contribution < 1.29 is 48.3 Å². The van der Waals surface area contributed by atoms with E-state index in [1.54, 1.807) is 13.8 Å². The van der Waals surface area contributed by atoms with Gasteiger partial charge in [-0.3, -0.25) is 19.2 Å². The minimum absolute atomic E-state index is 0.00783. The molecule has 0 aromatic rings. The van der Waals surface area contributed by atoms with Crippen LogP contribution in [-0.4, -0.2) is 89.1 Å². The molecule has 5 saturated carbocycles. The molecule has 0 aromatic carbocycles. The number of nitrogens with two attached hydrogens (primary N) is 1. The first-order valence-electron chi connectivity index (χ1n) is 17.9. The topological polar surface area (TPSA) is 172 Å². The molecule has 0 bridgehead atoms. The van der Waals surface area contributed by atoms with Gasteiger partial charge in [-0.2, -0.15) is 0 Å². The van der Waals surface area contributed by atoms with E-state index in [2.05, 4.69) is 34.6 Å². The van der Waals surface area contributed by atoms with Crippen molar-refractivity contribution in [2.24, 2.45) is 50.6 Å². The normalized spacial score (nSPS) is 46.9. The van der Waals surface area contributed by atoms with Crippen molar-refractivity contribution in [3.8, 4) is 0 Å². The van der Waals surface area contributed by atoms with E-state index >= 15 is 4.79 Å². The predicted octanol–water partition coefficient (Wildman–Crippen LogP) is 3.28. The first kappa shape index (κ1) is 36.0. The molecule has 4 N–H and O–H groups in total. The Kier molecular flexibility index (Phi) is 8.54. The van der Waals surface area contributed by atoms with E-state index in [0.29, 0.717) is 18.6 Å². The van der Waals surface area contributed by atoms with Gasteiger partial charge < -0.3 is 34.9 Å². The third kappa shape index (κ3) is 4.59. The van der Waals surface area contributed by atoms with Gasteiger partial charge in [-0.25, -0.2) is 0 Å². The zero-order valence-corrected chi connectivity index (χ0v) is 30.0. The molecule has 6 fully saturated rings.